The predicted molar refractivity (Wildman–Crippen MR) is 70.4 cm³/mol. The van der Waals surface area contributed by atoms with Crippen LogP contribution in [0.2, 0.25) is 0 Å². The SMILES string of the molecule is CC(=O)c1ccc(S(=O)(=O)N2CCC(CO)C2)cc1. The van der Waals surface area contributed by atoms with E-state index in [4.69, 9.17) is 5.11 Å². The van der Waals surface area contributed by atoms with Crippen LogP contribution in [0.5, 0.6) is 0 Å². The summed E-state index contributed by atoms with van der Waals surface area (Å²) in [5.41, 5.74) is 0.494. The second-order valence-electron chi connectivity index (χ2n) is 4.78. The van der Waals surface area contributed by atoms with E-state index in [0.29, 0.717) is 25.1 Å². The Morgan fingerprint density at radius 2 is 2.00 bits per heavy atom. The van der Waals surface area contributed by atoms with Crippen LogP contribution in [0.3, 0.4) is 0 Å². The maximum absolute atomic E-state index is 12.3. The zero-order valence-electron chi connectivity index (χ0n) is 10.7. The number of hydrogen-bond acceptors (Lipinski definition) is 4. The second kappa shape index (κ2) is 5.40. The first kappa shape index (κ1) is 14.2. The molecule has 0 saturated carbocycles. The molecule has 0 bridgehead atoms. The van der Waals surface area contributed by atoms with Crippen molar-refractivity contribution in [3.05, 3.63) is 29.8 Å². The average Bonchev–Trinajstić information content (AvgIpc) is 2.88. The highest BCUT2D eigenvalue weighted by atomic mass is 32.2. The van der Waals surface area contributed by atoms with Gasteiger partial charge in [0.05, 0.1) is 4.90 Å². The van der Waals surface area contributed by atoms with Gasteiger partial charge in [0.15, 0.2) is 5.78 Å². The molecule has 0 radical (unpaired) electrons. The lowest BCUT2D eigenvalue weighted by Crippen LogP contribution is -2.29. The van der Waals surface area contributed by atoms with Gasteiger partial charge in [-0.1, -0.05) is 12.1 Å². The van der Waals surface area contributed by atoms with Crippen molar-refractivity contribution in [2.75, 3.05) is 19.7 Å². The van der Waals surface area contributed by atoms with Gasteiger partial charge in [-0.05, 0) is 31.4 Å². The first-order chi connectivity index (χ1) is 8.95. The Morgan fingerprint density at radius 3 is 2.47 bits per heavy atom. The van der Waals surface area contributed by atoms with Gasteiger partial charge in [-0.25, -0.2) is 8.42 Å². The van der Waals surface area contributed by atoms with E-state index in [1.807, 2.05) is 0 Å². The fourth-order valence-corrected chi connectivity index (χ4v) is 3.71. The second-order valence-corrected chi connectivity index (χ2v) is 6.72. The van der Waals surface area contributed by atoms with E-state index in [9.17, 15) is 13.2 Å². The van der Waals surface area contributed by atoms with Gasteiger partial charge in [-0.3, -0.25) is 4.79 Å². The molecule has 1 atom stereocenters. The summed E-state index contributed by atoms with van der Waals surface area (Å²) in [6.45, 7) is 2.24. The minimum atomic E-state index is -3.51. The normalized spacial score (nSPS) is 20.6. The number of benzene rings is 1. The van der Waals surface area contributed by atoms with Crippen LogP contribution in [-0.4, -0.2) is 43.3 Å². The molecule has 1 fully saturated rings. The highest BCUT2D eigenvalue weighted by molar-refractivity contribution is 7.89. The zero-order valence-corrected chi connectivity index (χ0v) is 11.6. The molecule has 1 N–H and O–H groups in total. The van der Waals surface area contributed by atoms with Gasteiger partial charge in [-0.2, -0.15) is 4.31 Å². The molecule has 5 nitrogen and oxygen atoms in total. The molecule has 0 aliphatic carbocycles. The molecule has 1 aliphatic heterocycles. The maximum atomic E-state index is 12.3. The zero-order chi connectivity index (χ0) is 14.0. The number of aliphatic hydroxyl groups excluding tert-OH is 1. The van der Waals surface area contributed by atoms with Crippen molar-refractivity contribution in [2.45, 2.75) is 18.2 Å². The average molecular weight is 283 g/mol. The number of nitrogens with zero attached hydrogens (tertiary/aromatic N) is 1. The van der Waals surface area contributed by atoms with Crippen LogP contribution in [0.15, 0.2) is 29.2 Å². The number of hydrogen-bond donors (Lipinski definition) is 1. The maximum Gasteiger partial charge on any atom is 0.243 e. The van der Waals surface area contributed by atoms with E-state index in [2.05, 4.69) is 0 Å². The topological polar surface area (TPSA) is 74.7 Å². The summed E-state index contributed by atoms with van der Waals surface area (Å²) in [7, 11) is -3.51. The number of aliphatic hydroxyl groups is 1. The molecule has 0 amide bonds. The van der Waals surface area contributed by atoms with Crippen LogP contribution in [0, 0.1) is 5.92 Å². The highest BCUT2D eigenvalue weighted by Gasteiger charge is 2.32. The highest BCUT2D eigenvalue weighted by Crippen LogP contribution is 2.24. The molecular weight excluding hydrogens is 266 g/mol. The summed E-state index contributed by atoms with van der Waals surface area (Å²) in [5, 5.41) is 9.06. The van der Waals surface area contributed by atoms with Crippen LogP contribution in [0.25, 0.3) is 0 Å². The minimum absolute atomic E-state index is 0.00922. The summed E-state index contributed by atoms with van der Waals surface area (Å²) < 4.78 is 26.1. The molecule has 0 aromatic heterocycles. The van der Waals surface area contributed by atoms with Crippen LogP contribution in [-0.2, 0) is 10.0 Å². The smallest absolute Gasteiger partial charge is 0.243 e. The van der Waals surface area contributed by atoms with Crippen molar-refractivity contribution in [1.29, 1.82) is 0 Å². The number of sulfonamides is 1. The molecular formula is C13H17NO4S. The number of carbonyl (C=O) groups is 1. The third-order valence-electron chi connectivity index (χ3n) is 3.41. The number of Topliss-reactive ketones (excluding diaryl/α,β-unsaturated/α-hetero) is 1. The van der Waals surface area contributed by atoms with E-state index >= 15 is 0 Å². The Kier molecular flexibility index (Phi) is 4.03. The molecule has 1 unspecified atom stereocenters. The summed E-state index contributed by atoms with van der Waals surface area (Å²) in [5.74, 6) is -0.0725. The summed E-state index contributed by atoms with van der Waals surface area (Å²) in [6.07, 6.45) is 0.682. The predicted octanol–water partition coefficient (Wildman–Crippen LogP) is 0.892. The van der Waals surface area contributed by atoms with Crippen LogP contribution < -0.4 is 0 Å². The van der Waals surface area contributed by atoms with E-state index in [1.54, 1.807) is 0 Å². The summed E-state index contributed by atoms with van der Waals surface area (Å²) >= 11 is 0. The van der Waals surface area contributed by atoms with Crippen molar-refractivity contribution < 1.29 is 18.3 Å². The Bertz CT molecular complexity index is 565. The van der Waals surface area contributed by atoms with Crippen LogP contribution >= 0.6 is 0 Å². The van der Waals surface area contributed by atoms with Crippen molar-refractivity contribution in [2.24, 2.45) is 5.92 Å². The van der Waals surface area contributed by atoms with Crippen molar-refractivity contribution >= 4 is 15.8 Å². The molecule has 104 valence electrons. The fourth-order valence-electron chi connectivity index (χ4n) is 2.18. The molecule has 1 aliphatic rings. The quantitative estimate of drug-likeness (QED) is 0.833. The lowest BCUT2D eigenvalue weighted by atomic mass is 10.1. The van der Waals surface area contributed by atoms with Crippen LogP contribution in [0.4, 0.5) is 0 Å². The monoisotopic (exact) mass is 283 g/mol. The summed E-state index contributed by atoms with van der Waals surface area (Å²) in [4.78, 5) is 11.3. The number of rotatable bonds is 4. The number of ketones is 1. The van der Waals surface area contributed by atoms with E-state index in [0.717, 1.165) is 0 Å². The molecule has 0 spiro atoms. The van der Waals surface area contributed by atoms with Gasteiger partial charge in [0.2, 0.25) is 10.0 Å². The standard InChI is InChI=1S/C13H17NO4S/c1-10(16)12-2-4-13(5-3-12)19(17,18)14-7-6-11(8-14)9-15/h2-5,11,15H,6-9H2,1H3. The molecule has 1 saturated heterocycles. The van der Waals surface area contributed by atoms with Gasteiger partial charge >= 0.3 is 0 Å². The Labute approximate surface area is 112 Å². The lowest BCUT2D eigenvalue weighted by Gasteiger charge is -2.16. The Hall–Kier alpha value is -1.24. The lowest BCUT2D eigenvalue weighted by molar-refractivity contribution is 0.101. The van der Waals surface area contributed by atoms with Gasteiger partial charge in [0.25, 0.3) is 0 Å². The van der Waals surface area contributed by atoms with E-state index in [-0.39, 0.29) is 23.2 Å². The Morgan fingerprint density at radius 1 is 1.37 bits per heavy atom. The number of carbonyl (C=O) groups excluding carboxylic acids is 1. The molecule has 6 heteroatoms. The largest absolute Gasteiger partial charge is 0.396 e. The molecule has 1 heterocycles. The van der Waals surface area contributed by atoms with Crippen LogP contribution in [0.1, 0.15) is 23.7 Å². The van der Waals surface area contributed by atoms with Gasteiger partial charge in [0.1, 0.15) is 0 Å². The van der Waals surface area contributed by atoms with Crippen molar-refractivity contribution in [1.82, 2.24) is 4.31 Å². The molecule has 19 heavy (non-hydrogen) atoms. The first-order valence-corrected chi connectivity index (χ1v) is 7.61. The van der Waals surface area contributed by atoms with Gasteiger partial charge in [-0.15, -0.1) is 0 Å². The third-order valence-corrected chi connectivity index (χ3v) is 5.28. The van der Waals surface area contributed by atoms with Crippen molar-refractivity contribution in [3.8, 4) is 0 Å². The first-order valence-electron chi connectivity index (χ1n) is 6.17. The molecule has 1 aromatic carbocycles. The van der Waals surface area contributed by atoms with Crippen molar-refractivity contribution in [3.63, 3.8) is 0 Å². The van der Waals surface area contributed by atoms with Gasteiger partial charge < -0.3 is 5.11 Å². The molecule has 1 aromatic rings. The van der Waals surface area contributed by atoms with E-state index < -0.39 is 10.0 Å². The third kappa shape index (κ3) is 2.86. The van der Waals surface area contributed by atoms with E-state index in [1.165, 1.54) is 35.5 Å². The Balaban J connectivity index is 2.22. The summed E-state index contributed by atoms with van der Waals surface area (Å²) in [6, 6.07) is 5.96. The molecule has 2 rings (SSSR count). The minimum Gasteiger partial charge on any atom is -0.396 e. The fraction of sp³-hybridized carbons (Fsp3) is 0.462. The van der Waals surface area contributed by atoms with Gasteiger partial charge in [0, 0.05) is 25.3 Å².